The Morgan fingerprint density at radius 3 is 2.82 bits per heavy atom. The van der Waals surface area contributed by atoms with Crippen LogP contribution in [0.5, 0.6) is 0 Å². The summed E-state index contributed by atoms with van der Waals surface area (Å²) in [6.07, 6.45) is 7.39. The number of hydrogen-bond acceptors (Lipinski definition) is 6. The fourth-order valence-electron chi connectivity index (χ4n) is 5.16. The van der Waals surface area contributed by atoms with Crippen molar-refractivity contribution in [3.8, 4) is 0 Å². The van der Waals surface area contributed by atoms with Gasteiger partial charge in [-0.3, -0.25) is 4.98 Å². The van der Waals surface area contributed by atoms with E-state index >= 15 is 0 Å². The second kappa shape index (κ2) is 7.86. The summed E-state index contributed by atoms with van der Waals surface area (Å²) in [5.74, 6) is -0.152. The van der Waals surface area contributed by atoms with E-state index in [-0.39, 0.29) is 18.2 Å². The lowest BCUT2D eigenvalue weighted by Gasteiger charge is -2.22. The van der Waals surface area contributed by atoms with E-state index in [1.165, 1.54) is 17.5 Å². The van der Waals surface area contributed by atoms with Crippen LogP contribution in [-0.2, 0) is 15.9 Å². The molecule has 34 heavy (non-hydrogen) atoms. The molecule has 0 radical (unpaired) electrons. The largest absolute Gasteiger partial charge is 0.383 e. The number of nitrogens with two attached hydrogens (primary N) is 1. The molecule has 6 rings (SSSR count). The second-order valence-electron chi connectivity index (χ2n) is 9.55. The quantitative estimate of drug-likeness (QED) is 0.369. The zero-order valence-electron chi connectivity index (χ0n) is 19.3. The van der Waals surface area contributed by atoms with Gasteiger partial charge in [-0.1, -0.05) is 18.2 Å². The van der Waals surface area contributed by atoms with Gasteiger partial charge in [-0.25, -0.2) is 9.97 Å². The highest BCUT2D eigenvalue weighted by molar-refractivity contribution is 9.10. The maximum atomic E-state index is 6.37. The van der Waals surface area contributed by atoms with Gasteiger partial charge in [-0.05, 0) is 78.9 Å². The number of anilines is 1. The van der Waals surface area contributed by atoms with Crippen LogP contribution >= 0.6 is 15.9 Å². The zero-order valence-corrected chi connectivity index (χ0v) is 20.9. The van der Waals surface area contributed by atoms with Crippen molar-refractivity contribution >= 4 is 43.7 Å². The van der Waals surface area contributed by atoms with Gasteiger partial charge < -0.3 is 19.8 Å². The van der Waals surface area contributed by atoms with Crippen molar-refractivity contribution in [2.45, 2.75) is 57.6 Å². The number of nitrogens with zero attached hydrogens (tertiary/aromatic N) is 4. The zero-order chi connectivity index (χ0) is 23.6. The van der Waals surface area contributed by atoms with Gasteiger partial charge in [0.05, 0.1) is 22.6 Å². The Balaban J connectivity index is 1.31. The summed E-state index contributed by atoms with van der Waals surface area (Å²) in [4.78, 5) is 13.4. The molecule has 8 heteroatoms. The molecule has 7 nitrogen and oxygen atoms in total. The number of ether oxygens (including phenoxy) is 2. The molecule has 1 aliphatic carbocycles. The third-order valence-electron chi connectivity index (χ3n) is 6.79. The highest BCUT2D eigenvalue weighted by Gasteiger charge is 2.50. The Morgan fingerprint density at radius 2 is 1.97 bits per heavy atom. The van der Waals surface area contributed by atoms with Gasteiger partial charge >= 0.3 is 0 Å². The molecule has 3 atom stereocenters. The number of benzene rings is 1. The minimum absolute atomic E-state index is 0.0214. The normalized spacial score (nSPS) is 23.5. The van der Waals surface area contributed by atoms with Crippen LogP contribution < -0.4 is 5.73 Å². The van der Waals surface area contributed by atoms with Gasteiger partial charge in [0.15, 0.2) is 5.79 Å². The Morgan fingerprint density at radius 1 is 1.12 bits per heavy atom. The number of aryl methyl sites for hydroxylation is 2. The van der Waals surface area contributed by atoms with Crippen molar-refractivity contribution in [3.05, 3.63) is 70.2 Å². The molecule has 0 unspecified atom stereocenters. The lowest BCUT2D eigenvalue weighted by molar-refractivity contribution is -0.147. The predicted octanol–water partition coefficient (Wildman–Crippen LogP) is 5.27. The fraction of sp³-hybridized carbons (Fsp3) is 0.346. The molecule has 0 bridgehead atoms. The first kappa shape index (κ1) is 21.7. The number of halogens is 1. The molecule has 3 aromatic heterocycles. The Kier molecular flexibility index (Phi) is 5.02. The first-order valence-electron chi connectivity index (χ1n) is 11.5. The van der Waals surface area contributed by atoms with E-state index in [2.05, 4.69) is 60.8 Å². The van der Waals surface area contributed by atoms with E-state index in [0.717, 1.165) is 44.9 Å². The number of aromatic nitrogens is 4. The van der Waals surface area contributed by atoms with E-state index < -0.39 is 5.79 Å². The molecule has 0 amide bonds. The molecular formula is C26H26BrN5O2. The minimum Gasteiger partial charge on any atom is -0.383 e. The average molecular weight is 520 g/mol. The van der Waals surface area contributed by atoms with Gasteiger partial charge in [0.1, 0.15) is 30.0 Å². The van der Waals surface area contributed by atoms with Gasteiger partial charge in [0.25, 0.3) is 0 Å². The van der Waals surface area contributed by atoms with Gasteiger partial charge in [0, 0.05) is 16.1 Å². The molecular weight excluding hydrogens is 494 g/mol. The number of pyridine rings is 1. The van der Waals surface area contributed by atoms with E-state index in [4.69, 9.17) is 20.2 Å². The molecule has 0 spiro atoms. The smallest absolute Gasteiger partial charge is 0.164 e. The molecule has 1 fully saturated rings. The molecule has 4 aromatic rings. The van der Waals surface area contributed by atoms with E-state index in [0.29, 0.717) is 5.82 Å². The summed E-state index contributed by atoms with van der Waals surface area (Å²) in [7, 11) is 0. The number of rotatable bonds is 4. The van der Waals surface area contributed by atoms with E-state index in [1.54, 1.807) is 0 Å². The highest BCUT2D eigenvalue weighted by Crippen LogP contribution is 2.45. The molecule has 2 N–H and O–H groups in total. The average Bonchev–Trinajstić information content (AvgIpc) is 3.45. The summed E-state index contributed by atoms with van der Waals surface area (Å²) in [5.41, 5.74) is 11.4. The Labute approximate surface area is 206 Å². The lowest BCUT2D eigenvalue weighted by atomic mass is 10.0. The summed E-state index contributed by atoms with van der Waals surface area (Å²) < 4.78 is 15.9. The van der Waals surface area contributed by atoms with Gasteiger partial charge in [-0.15, -0.1) is 0 Å². The van der Waals surface area contributed by atoms with Crippen molar-refractivity contribution in [3.63, 3.8) is 0 Å². The summed E-state index contributed by atoms with van der Waals surface area (Å²) in [6, 6.07) is 10.6. The van der Waals surface area contributed by atoms with Crippen LogP contribution in [0.2, 0.25) is 0 Å². The molecule has 1 saturated heterocycles. The summed E-state index contributed by atoms with van der Waals surface area (Å²) in [5, 5.41) is 1.99. The first-order valence-corrected chi connectivity index (χ1v) is 12.3. The number of nitrogen functional groups attached to an aromatic ring is 1. The van der Waals surface area contributed by atoms with Crippen molar-refractivity contribution in [2.24, 2.45) is 0 Å². The molecule has 4 heterocycles. The molecule has 1 aliphatic heterocycles. The molecule has 0 saturated carbocycles. The van der Waals surface area contributed by atoms with Crippen molar-refractivity contribution in [1.29, 1.82) is 0 Å². The Bertz CT molecular complexity index is 1460. The van der Waals surface area contributed by atoms with Crippen molar-refractivity contribution in [1.82, 2.24) is 19.5 Å². The summed E-state index contributed by atoms with van der Waals surface area (Å²) in [6.45, 7) is 5.97. The maximum Gasteiger partial charge on any atom is 0.164 e. The Hall–Kier alpha value is -2.81. The topological polar surface area (TPSA) is 88.1 Å². The van der Waals surface area contributed by atoms with Crippen molar-refractivity contribution in [2.75, 3.05) is 5.73 Å². The van der Waals surface area contributed by atoms with Crippen LogP contribution in [0.3, 0.4) is 0 Å². The SMILES string of the molecule is Cc1nc2cc(CCC3=C[C@@H](n4ccc5c(N)ncnc54)[C@@H]4OC(C)(C)O[C@H]34)ccc2cc1Br. The summed E-state index contributed by atoms with van der Waals surface area (Å²) >= 11 is 3.57. The number of hydrogen-bond donors (Lipinski definition) is 1. The van der Waals surface area contributed by atoms with Crippen LogP contribution in [0.4, 0.5) is 5.82 Å². The van der Waals surface area contributed by atoms with Crippen LogP contribution in [0.25, 0.3) is 21.9 Å². The molecule has 174 valence electrons. The van der Waals surface area contributed by atoms with Crippen LogP contribution in [0.15, 0.2) is 59.0 Å². The van der Waals surface area contributed by atoms with E-state index in [1.807, 2.05) is 33.0 Å². The minimum atomic E-state index is -0.637. The standard InChI is InChI=1S/C26H26BrN5O2/c1-14-19(27)11-16-6-4-15(10-20(16)31-14)5-7-17-12-21(23-22(17)33-26(2,3)34-23)32-9-8-18-24(28)29-13-30-25(18)32/h4,6,8-13,21-23H,5,7H2,1-3H3,(H2,28,29,30)/t21-,22-,23+/m1/s1. The number of fused-ring (bicyclic) bond motifs is 3. The molecule has 2 aliphatic rings. The third-order valence-corrected chi connectivity index (χ3v) is 7.59. The first-order chi connectivity index (χ1) is 16.3. The maximum absolute atomic E-state index is 6.37. The lowest BCUT2D eigenvalue weighted by Crippen LogP contribution is -2.27. The monoisotopic (exact) mass is 519 g/mol. The van der Waals surface area contributed by atoms with Crippen molar-refractivity contribution < 1.29 is 9.47 Å². The van der Waals surface area contributed by atoms with Crippen LogP contribution in [0.1, 0.15) is 37.6 Å². The fourth-order valence-corrected chi connectivity index (χ4v) is 5.49. The van der Waals surface area contributed by atoms with Crippen LogP contribution in [-0.4, -0.2) is 37.5 Å². The molecule has 1 aromatic carbocycles. The second-order valence-corrected chi connectivity index (χ2v) is 10.4. The van der Waals surface area contributed by atoms with Crippen LogP contribution in [0, 0.1) is 6.92 Å². The third kappa shape index (κ3) is 3.61. The predicted molar refractivity (Wildman–Crippen MR) is 135 cm³/mol. The van der Waals surface area contributed by atoms with Gasteiger partial charge in [-0.2, -0.15) is 0 Å². The highest BCUT2D eigenvalue weighted by atomic mass is 79.9. The van der Waals surface area contributed by atoms with E-state index in [9.17, 15) is 0 Å². The van der Waals surface area contributed by atoms with Gasteiger partial charge in [0.2, 0.25) is 0 Å².